The maximum atomic E-state index is 13.4. The number of hydrogen-bond donors (Lipinski definition) is 2. The van der Waals surface area contributed by atoms with Gasteiger partial charge in [0, 0.05) is 13.1 Å². The highest BCUT2D eigenvalue weighted by Crippen LogP contribution is 2.09. The molecule has 3 nitrogen and oxygen atoms in total. The Labute approximate surface area is 142 Å². The lowest BCUT2D eigenvalue weighted by atomic mass is 10.1. The second-order valence-corrected chi connectivity index (χ2v) is 4.74. The zero-order valence-corrected chi connectivity index (χ0v) is 14.7. The van der Waals surface area contributed by atoms with E-state index in [9.17, 15) is 8.78 Å². The third kappa shape index (κ3) is 8.85. The highest BCUT2D eigenvalue weighted by molar-refractivity contribution is 14.0. The Morgan fingerprint density at radius 2 is 2.00 bits per heavy atom. The Balaban J connectivity index is 0.00000400. The highest BCUT2D eigenvalue weighted by atomic mass is 127. The predicted octanol–water partition coefficient (Wildman–Crippen LogP) is 3.61. The van der Waals surface area contributed by atoms with Gasteiger partial charge in [-0.3, -0.25) is 4.99 Å². The smallest absolute Gasteiger partial charge is 0.188 e. The van der Waals surface area contributed by atoms with Crippen molar-refractivity contribution in [3.63, 3.8) is 0 Å². The monoisotopic (exact) mass is 411 g/mol. The molecular formula is C15H24F2IN3. The number of benzene rings is 1. The number of nitrogens with zero attached hydrogens (tertiary/aromatic N) is 1. The van der Waals surface area contributed by atoms with Crippen LogP contribution in [-0.4, -0.2) is 19.0 Å². The molecule has 21 heavy (non-hydrogen) atoms. The van der Waals surface area contributed by atoms with Crippen molar-refractivity contribution in [1.82, 2.24) is 5.32 Å². The summed E-state index contributed by atoms with van der Waals surface area (Å²) in [7, 11) is 0. The normalized spacial score (nSPS) is 11.1. The Bertz CT molecular complexity index is 439. The van der Waals surface area contributed by atoms with Crippen LogP contribution in [0.2, 0.25) is 0 Å². The number of nitrogens with two attached hydrogens (primary N) is 1. The van der Waals surface area contributed by atoms with Crippen LogP contribution in [-0.2, 0) is 6.42 Å². The van der Waals surface area contributed by atoms with Crippen LogP contribution in [0.4, 0.5) is 8.78 Å². The van der Waals surface area contributed by atoms with Crippen LogP contribution in [0.1, 0.15) is 38.2 Å². The Morgan fingerprint density at radius 1 is 1.24 bits per heavy atom. The van der Waals surface area contributed by atoms with Gasteiger partial charge in [-0.05, 0) is 36.6 Å². The van der Waals surface area contributed by atoms with Crippen molar-refractivity contribution in [2.24, 2.45) is 10.7 Å². The number of unbranched alkanes of at least 4 members (excludes halogenated alkanes) is 3. The molecule has 6 heteroatoms. The molecule has 1 aromatic carbocycles. The van der Waals surface area contributed by atoms with Crippen LogP contribution >= 0.6 is 24.0 Å². The van der Waals surface area contributed by atoms with E-state index < -0.39 is 11.6 Å². The summed E-state index contributed by atoms with van der Waals surface area (Å²) in [6.07, 6.45) is 4.95. The summed E-state index contributed by atoms with van der Waals surface area (Å²) in [5.41, 5.74) is 6.03. The first-order chi connectivity index (χ1) is 9.63. The number of rotatable bonds is 8. The zero-order valence-electron chi connectivity index (χ0n) is 12.4. The first-order valence-corrected chi connectivity index (χ1v) is 7.11. The minimum atomic E-state index is -0.432. The first-order valence-electron chi connectivity index (χ1n) is 7.11. The molecule has 1 rings (SSSR count). The largest absolute Gasteiger partial charge is 0.370 e. The molecule has 1 aromatic rings. The van der Waals surface area contributed by atoms with Crippen molar-refractivity contribution >= 4 is 29.9 Å². The summed E-state index contributed by atoms with van der Waals surface area (Å²) in [6, 6.07) is 3.45. The van der Waals surface area contributed by atoms with Crippen LogP contribution in [0.5, 0.6) is 0 Å². The first kappa shape index (κ1) is 20.1. The summed E-state index contributed by atoms with van der Waals surface area (Å²) in [5.74, 6) is -0.472. The summed E-state index contributed by atoms with van der Waals surface area (Å²) in [6.45, 7) is 3.29. The van der Waals surface area contributed by atoms with E-state index >= 15 is 0 Å². The number of guanidine groups is 1. The Morgan fingerprint density at radius 3 is 2.71 bits per heavy atom. The van der Waals surface area contributed by atoms with Gasteiger partial charge in [-0.1, -0.05) is 26.2 Å². The van der Waals surface area contributed by atoms with Gasteiger partial charge in [0.15, 0.2) is 5.96 Å². The molecule has 0 aromatic heterocycles. The summed E-state index contributed by atoms with van der Waals surface area (Å²) >= 11 is 0. The summed E-state index contributed by atoms with van der Waals surface area (Å²) in [5, 5.41) is 2.91. The van der Waals surface area contributed by atoms with Gasteiger partial charge in [0.05, 0.1) is 0 Å². The molecule has 0 bridgehead atoms. The van der Waals surface area contributed by atoms with E-state index in [0.717, 1.165) is 25.0 Å². The molecule has 0 saturated heterocycles. The molecule has 0 aliphatic heterocycles. The number of nitrogens with one attached hydrogen (secondary N) is 1. The van der Waals surface area contributed by atoms with E-state index in [4.69, 9.17) is 5.73 Å². The van der Waals surface area contributed by atoms with Crippen LogP contribution in [0.3, 0.4) is 0 Å². The van der Waals surface area contributed by atoms with E-state index in [1.54, 1.807) is 0 Å². The Kier molecular flexibility index (Phi) is 11.2. The van der Waals surface area contributed by atoms with E-state index in [1.807, 2.05) is 0 Å². The third-order valence-corrected chi connectivity index (χ3v) is 3.00. The molecule has 0 atom stereocenters. The fourth-order valence-corrected chi connectivity index (χ4v) is 1.85. The van der Waals surface area contributed by atoms with Crippen molar-refractivity contribution in [3.8, 4) is 0 Å². The minimum Gasteiger partial charge on any atom is -0.370 e. The lowest BCUT2D eigenvalue weighted by Crippen LogP contribution is -2.33. The standard InChI is InChI=1S/C15H23F2N3.HI/c1-2-3-4-5-9-19-15(18)20-10-8-12-11-13(16)6-7-14(12)17;/h6-7,11H,2-5,8-10H2,1H3,(H3,18,19,20);1H. The molecule has 0 fully saturated rings. The predicted molar refractivity (Wildman–Crippen MR) is 94.1 cm³/mol. The average Bonchev–Trinajstić information content (AvgIpc) is 2.42. The minimum absolute atomic E-state index is 0. The third-order valence-electron chi connectivity index (χ3n) is 3.00. The lowest BCUT2D eigenvalue weighted by Gasteiger charge is -2.07. The molecule has 0 unspecified atom stereocenters. The van der Waals surface area contributed by atoms with Gasteiger partial charge in [-0.25, -0.2) is 8.78 Å². The number of halogens is 3. The molecular weight excluding hydrogens is 387 g/mol. The molecule has 3 N–H and O–H groups in total. The van der Waals surface area contributed by atoms with Gasteiger partial charge in [-0.15, -0.1) is 24.0 Å². The van der Waals surface area contributed by atoms with Crippen LogP contribution in [0, 0.1) is 11.6 Å². The molecule has 0 aliphatic rings. The molecule has 0 spiro atoms. The van der Waals surface area contributed by atoms with Gasteiger partial charge >= 0.3 is 0 Å². The van der Waals surface area contributed by atoms with Crippen molar-refractivity contribution in [2.45, 2.75) is 39.0 Å². The van der Waals surface area contributed by atoms with E-state index in [2.05, 4.69) is 17.2 Å². The van der Waals surface area contributed by atoms with E-state index in [-0.39, 0.29) is 24.0 Å². The second-order valence-electron chi connectivity index (χ2n) is 4.74. The number of hydrogen-bond acceptors (Lipinski definition) is 1. The average molecular weight is 411 g/mol. The molecule has 0 saturated carbocycles. The molecule has 0 aliphatic carbocycles. The topological polar surface area (TPSA) is 50.4 Å². The maximum Gasteiger partial charge on any atom is 0.188 e. The van der Waals surface area contributed by atoms with Gasteiger partial charge in [0.1, 0.15) is 11.6 Å². The lowest BCUT2D eigenvalue weighted by molar-refractivity contribution is 0.583. The quantitative estimate of drug-likeness (QED) is 0.297. The summed E-state index contributed by atoms with van der Waals surface area (Å²) < 4.78 is 26.3. The molecule has 120 valence electrons. The molecule has 0 radical (unpaired) electrons. The second kappa shape index (κ2) is 11.7. The van der Waals surface area contributed by atoms with E-state index in [1.165, 1.54) is 18.9 Å². The van der Waals surface area contributed by atoms with Gasteiger partial charge in [0.2, 0.25) is 0 Å². The van der Waals surface area contributed by atoms with Crippen LogP contribution in [0.25, 0.3) is 0 Å². The molecule has 0 heterocycles. The van der Waals surface area contributed by atoms with Gasteiger partial charge in [0.25, 0.3) is 0 Å². The van der Waals surface area contributed by atoms with Crippen molar-refractivity contribution in [1.29, 1.82) is 0 Å². The SMILES string of the molecule is CCCCCCN=C(N)NCCc1cc(F)ccc1F.I. The highest BCUT2D eigenvalue weighted by Gasteiger charge is 2.03. The van der Waals surface area contributed by atoms with Crippen LogP contribution in [0.15, 0.2) is 23.2 Å². The zero-order chi connectivity index (χ0) is 14.8. The van der Waals surface area contributed by atoms with Crippen molar-refractivity contribution < 1.29 is 8.78 Å². The maximum absolute atomic E-state index is 13.4. The van der Waals surface area contributed by atoms with Gasteiger partial charge in [-0.2, -0.15) is 0 Å². The van der Waals surface area contributed by atoms with Crippen molar-refractivity contribution in [2.75, 3.05) is 13.1 Å². The fourth-order valence-electron chi connectivity index (χ4n) is 1.85. The van der Waals surface area contributed by atoms with E-state index in [0.29, 0.717) is 31.0 Å². The van der Waals surface area contributed by atoms with Gasteiger partial charge < -0.3 is 11.1 Å². The van der Waals surface area contributed by atoms with Crippen LogP contribution < -0.4 is 11.1 Å². The Hall–Kier alpha value is -0.920. The fraction of sp³-hybridized carbons (Fsp3) is 0.533. The molecule has 0 amide bonds. The van der Waals surface area contributed by atoms with Crippen molar-refractivity contribution in [3.05, 3.63) is 35.4 Å². The number of aliphatic imine (C=N–C) groups is 1. The summed E-state index contributed by atoms with van der Waals surface area (Å²) in [4.78, 5) is 4.18.